The molecule has 1 N–H and O–H groups in total. The summed E-state index contributed by atoms with van der Waals surface area (Å²) in [5.41, 5.74) is 1.09. The second kappa shape index (κ2) is 5.03. The molecule has 5 nitrogen and oxygen atoms in total. The maximum Gasteiger partial charge on any atom is 0.225 e. The molecule has 0 aromatic carbocycles. The van der Waals surface area contributed by atoms with Crippen molar-refractivity contribution >= 4 is 40.1 Å². The van der Waals surface area contributed by atoms with Crippen LogP contribution in [0, 0.1) is 0 Å². The lowest BCUT2D eigenvalue weighted by Gasteiger charge is -2.07. The minimum Gasteiger partial charge on any atom is -0.467 e. The number of nitrogens with one attached hydrogen (secondary N) is 1. The van der Waals surface area contributed by atoms with E-state index in [0.717, 1.165) is 5.76 Å². The van der Waals surface area contributed by atoms with E-state index in [4.69, 9.17) is 27.6 Å². The molecule has 0 aliphatic rings. The van der Waals surface area contributed by atoms with Crippen LogP contribution >= 0.6 is 23.2 Å². The summed E-state index contributed by atoms with van der Waals surface area (Å²) in [6.45, 7) is 0.476. The van der Waals surface area contributed by atoms with Crippen molar-refractivity contribution in [2.75, 3.05) is 5.32 Å². The van der Waals surface area contributed by atoms with Crippen molar-refractivity contribution in [1.29, 1.82) is 0 Å². The highest BCUT2D eigenvalue weighted by Crippen LogP contribution is 2.25. The van der Waals surface area contributed by atoms with Gasteiger partial charge in [0.15, 0.2) is 5.82 Å². The SMILES string of the molecule is Clc1nc(NCc2ccco2)c2nccc(Cl)c2n1. The molecule has 3 aromatic rings. The first-order valence-electron chi connectivity index (χ1n) is 5.48. The molecule has 0 atom stereocenters. The second-order valence-electron chi connectivity index (χ2n) is 3.76. The van der Waals surface area contributed by atoms with Gasteiger partial charge < -0.3 is 9.73 Å². The van der Waals surface area contributed by atoms with Crippen molar-refractivity contribution in [1.82, 2.24) is 15.0 Å². The Kier molecular flexibility index (Phi) is 3.23. The Hall–Kier alpha value is -1.85. The number of hydrogen-bond acceptors (Lipinski definition) is 5. The molecule has 0 radical (unpaired) electrons. The molecule has 0 fully saturated rings. The minimum atomic E-state index is 0.115. The van der Waals surface area contributed by atoms with E-state index in [1.165, 1.54) is 0 Å². The van der Waals surface area contributed by atoms with Crippen molar-refractivity contribution in [3.63, 3.8) is 0 Å². The van der Waals surface area contributed by atoms with E-state index in [-0.39, 0.29) is 5.28 Å². The minimum absolute atomic E-state index is 0.115. The topological polar surface area (TPSA) is 63.8 Å². The lowest BCUT2D eigenvalue weighted by Crippen LogP contribution is -2.03. The Bertz CT molecular complexity index is 715. The number of hydrogen-bond donors (Lipinski definition) is 1. The first-order valence-corrected chi connectivity index (χ1v) is 6.23. The van der Waals surface area contributed by atoms with E-state index >= 15 is 0 Å². The summed E-state index contributed by atoms with van der Waals surface area (Å²) in [6, 6.07) is 5.33. The molecule has 96 valence electrons. The number of fused-ring (bicyclic) bond motifs is 1. The van der Waals surface area contributed by atoms with Crippen LogP contribution in [-0.2, 0) is 6.54 Å². The van der Waals surface area contributed by atoms with Gasteiger partial charge in [0.05, 0.1) is 17.8 Å². The molecular weight excluding hydrogens is 287 g/mol. The fraction of sp³-hybridized carbons (Fsp3) is 0.0833. The summed E-state index contributed by atoms with van der Waals surface area (Å²) >= 11 is 11.9. The number of halogens is 2. The van der Waals surface area contributed by atoms with E-state index in [2.05, 4.69) is 20.3 Å². The largest absolute Gasteiger partial charge is 0.467 e. The van der Waals surface area contributed by atoms with Crippen LogP contribution in [0.5, 0.6) is 0 Å². The zero-order chi connectivity index (χ0) is 13.2. The van der Waals surface area contributed by atoms with Gasteiger partial charge in [0.2, 0.25) is 5.28 Å². The van der Waals surface area contributed by atoms with Crippen LogP contribution in [0.2, 0.25) is 10.3 Å². The van der Waals surface area contributed by atoms with Gasteiger partial charge in [-0.3, -0.25) is 4.98 Å². The summed E-state index contributed by atoms with van der Waals surface area (Å²) < 4.78 is 5.24. The molecule has 0 bridgehead atoms. The molecule has 0 saturated heterocycles. The van der Waals surface area contributed by atoms with Crippen molar-refractivity contribution in [3.8, 4) is 0 Å². The lowest BCUT2D eigenvalue weighted by molar-refractivity contribution is 0.518. The molecule has 19 heavy (non-hydrogen) atoms. The fourth-order valence-electron chi connectivity index (χ4n) is 1.68. The maximum absolute atomic E-state index is 6.07. The van der Waals surface area contributed by atoms with Crippen LogP contribution < -0.4 is 5.32 Å². The number of rotatable bonds is 3. The molecule has 3 heterocycles. The smallest absolute Gasteiger partial charge is 0.225 e. The van der Waals surface area contributed by atoms with Crippen LogP contribution in [0.3, 0.4) is 0 Å². The molecule has 0 saturated carbocycles. The lowest BCUT2D eigenvalue weighted by atomic mass is 10.3. The fourth-order valence-corrected chi connectivity index (χ4v) is 2.04. The Balaban J connectivity index is 2.00. The van der Waals surface area contributed by atoms with Gasteiger partial charge in [-0.05, 0) is 29.8 Å². The van der Waals surface area contributed by atoms with Crippen LogP contribution in [0.4, 0.5) is 5.82 Å². The summed E-state index contributed by atoms with van der Waals surface area (Å²) in [6.07, 6.45) is 3.21. The predicted octanol–water partition coefficient (Wildman–Crippen LogP) is 3.54. The Morgan fingerprint density at radius 1 is 1.16 bits per heavy atom. The second-order valence-corrected chi connectivity index (χ2v) is 4.51. The Morgan fingerprint density at radius 2 is 2.05 bits per heavy atom. The van der Waals surface area contributed by atoms with Gasteiger partial charge in [-0.1, -0.05) is 11.6 Å². The highest BCUT2D eigenvalue weighted by atomic mass is 35.5. The van der Waals surface area contributed by atoms with Crippen molar-refractivity contribution < 1.29 is 4.42 Å². The van der Waals surface area contributed by atoms with Crippen LogP contribution in [-0.4, -0.2) is 15.0 Å². The average Bonchev–Trinajstić information content (AvgIpc) is 2.90. The Morgan fingerprint density at radius 3 is 2.84 bits per heavy atom. The number of anilines is 1. The highest BCUT2D eigenvalue weighted by Gasteiger charge is 2.10. The van der Waals surface area contributed by atoms with Gasteiger partial charge >= 0.3 is 0 Å². The number of furan rings is 1. The van der Waals surface area contributed by atoms with Gasteiger partial charge in [-0.25, -0.2) is 4.98 Å². The summed E-state index contributed by atoms with van der Waals surface area (Å²) in [7, 11) is 0. The highest BCUT2D eigenvalue weighted by molar-refractivity contribution is 6.35. The normalized spacial score (nSPS) is 10.8. The molecular formula is C12H8Cl2N4O. The van der Waals surface area contributed by atoms with Gasteiger partial charge in [0.1, 0.15) is 16.8 Å². The van der Waals surface area contributed by atoms with Crippen molar-refractivity contribution in [2.24, 2.45) is 0 Å². The van der Waals surface area contributed by atoms with Gasteiger partial charge in [-0.2, -0.15) is 4.98 Å². The van der Waals surface area contributed by atoms with E-state index in [9.17, 15) is 0 Å². The zero-order valence-corrected chi connectivity index (χ0v) is 11.1. The summed E-state index contributed by atoms with van der Waals surface area (Å²) in [4.78, 5) is 12.4. The van der Waals surface area contributed by atoms with Crippen LogP contribution in [0.1, 0.15) is 5.76 Å². The number of nitrogens with zero attached hydrogens (tertiary/aromatic N) is 3. The van der Waals surface area contributed by atoms with E-state index < -0.39 is 0 Å². The van der Waals surface area contributed by atoms with Gasteiger partial charge in [0, 0.05) is 6.20 Å². The maximum atomic E-state index is 6.07. The molecule has 0 unspecified atom stereocenters. The quantitative estimate of drug-likeness (QED) is 0.749. The zero-order valence-electron chi connectivity index (χ0n) is 9.60. The molecule has 0 amide bonds. The molecule has 0 aliphatic heterocycles. The molecule has 3 aromatic heterocycles. The third kappa shape index (κ3) is 2.47. The van der Waals surface area contributed by atoms with Crippen LogP contribution in [0.25, 0.3) is 11.0 Å². The van der Waals surface area contributed by atoms with Crippen molar-refractivity contribution in [3.05, 3.63) is 46.7 Å². The van der Waals surface area contributed by atoms with Gasteiger partial charge in [0.25, 0.3) is 0 Å². The van der Waals surface area contributed by atoms with E-state index in [0.29, 0.717) is 28.4 Å². The number of pyridine rings is 1. The Labute approximate surface area is 118 Å². The third-order valence-corrected chi connectivity index (χ3v) is 2.99. The summed E-state index contributed by atoms with van der Waals surface area (Å²) in [5.74, 6) is 1.30. The van der Waals surface area contributed by atoms with Gasteiger partial charge in [-0.15, -0.1) is 0 Å². The van der Waals surface area contributed by atoms with E-state index in [1.807, 2.05) is 12.1 Å². The molecule has 3 rings (SSSR count). The standard InChI is InChI=1S/C12H8Cl2N4O/c13-8-3-4-15-10-9(8)17-12(14)18-11(10)16-6-7-2-1-5-19-7/h1-5H,6H2,(H,16,17,18). The third-order valence-electron chi connectivity index (χ3n) is 2.52. The predicted molar refractivity (Wildman–Crippen MR) is 73.4 cm³/mol. The first kappa shape index (κ1) is 12.2. The molecule has 0 aliphatic carbocycles. The molecule has 0 spiro atoms. The number of aromatic nitrogens is 3. The monoisotopic (exact) mass is 294 g/mol. The van der Waals surface area contributed by atoms with Crippen molar-refractivity contribution in [2.45, 2.75) is 6.54 Å². The molecule has 7 heteroatoms. The van der Waals surface area contributed by atoms with Crippen LogP contribution in [0.15, 0.2) is 35.1 Å². The average molecular weight is 295 g/mol. The first-order chi connectivity index (χ1) is 9.24. The summed E-state index contributed by atoms with van der Waals surface area (Å²) in [5, 5.41) is 3.70. The van der Waals surface area contributed by atoms with E-state index in [1.54, 1.807) is 18.5 Å².